The Balaban J connectivity index is 1.92. The molecule has 0 saturated carbocycles. The number of halogens is 1. The van der Waals surface area contributed by atoms with Crippen molar-refractivity contribution in [3.63, 3.8) is 0 Å². The Labute approximate surface area is 147 Å². The molecule has 2 aromatic carbocycles. The molecule has 24 heavy (non-hydrogen) atoms. The van der Waals surface area contributed by atoms with Gasteiger partial charge in [-0.25, -0.2) is 0 Å². The van der Waals surface area contributed by atoms with Gasteiger partial charge >= 0.3 is 0 Å². The van der Waals surface area contributed by atoms with Gasteiger partial charge in [0.15, 0.2) is 0 Å². The summed E-state index contributed by atoms with van der Waals surface area (Å²) in [6, 6.07) is 13.9. The van der Waals surface area contributed by atoms with Gasteiger partial charge in [-0.15, -0.1) is 0 Å². The number of carbonyl (C=O) groups excluding carboxylic acids is 2. The van der Waals surface area contributed by atoms with E-state index in [0.717, 1.165) is 19.3 Å². The first-order valence-corrected chi connectivity index (χ1v) is 8.43. The largest absolute Gasteiger partial charge is 0.326 e. The van der Waals surface area contributed by atoms with Crippen LogP contribution in [0.4, 0.5) is 11.4 Å². The van der Waals surface area contributed by atoms with Gasteiger partial charge in [0, 0.05) is 17.7 Å². The third-order valence-corrected chi connectivity index (χ3v) is 3.89. The molecule has 0 bridgehead atoms. The highest BCUT2D eigenvalue weighted by atomic mass is 35.5. The summed E-state index contributed by atoms with van der Waals surface area (Å²) in [5, 5.41) is 6.08. The van der Waals surface area contributed by atoms with Crippen LogP contribution in [0.3, 0.4) is 0 Å². The predicted molar refractivity (Wildman–Crippen MR) is 98.6 cm³/mol. The molecule has 0 spiro atoms. The summed E-state index contributed by atoms with van der Waals surface area (Å²) in [7, 11) is 0. The average Bonchev–Trinajstić information content (AvgIpc) is 2.58. The summed E-state index contributed by atoms with van der Waals surface area (Å²) in [5.74, 6) is -0.249. The van der Waals surface area contributed by atoms with Gasteiger partial charge in [-0.05, 0) is 42.8 Å². The number of unbranched alkanes of at least 4 members (excludes halogenated alkanes) is 2. The first-order valence-electron chi connectivity index (χ1n) is 8.06. The Morgan fingerprint density at radius 1 is 0.958 bits per heavy atom. The van der Waals surface area contributed by atoms with Crippen LogP contribution < -0.4 is 10.6 Å². The Hall–Kier alpha value is -2.33. The van der Waals surface area contributed by atoms with Gasteiger partial charge in [0.05, 0.1) is 10.7 Å². The molecular weight excluding hydrogens is 324 g/mol. The number of hydrogen-bond donors (Lipinski definition) is 2. The number of amides is 2. The van der Waals surface area contributed by atoms with Crippen molar-refractivity contribution in [1.82, 2.24) is 0 Å². The average molecular weight is 345 g/mol. The van der Waals surface area contributed by atoms with Crippen molar-refractivity contribution in [2.75, 3.05) is 10.6 Å². The van der Waals surface area contributed by atoms with Gasteiger partial charge in [-0.1, -0.05) is 43.5 Å². The number of benzene rings is 2. The lowest BCUT2D eigenvalue weighted by Gasteiger charge is -2.08. The van der Waals surface area contributed by atoms with Gasteiger partial charge in [-0.3, -0.25) is 9.59 Å². The minimum absolute atomic E-state index is 0.00304. The van der Waals surface area contributed by atoms with Gasteiger partial charge in [0.25, 0.3) is 5.91 Å². The van der Waals surface area contributed by atoms with Crippen LogP contribution in [0.1, 0.15) is 43.0 Å². The smallest absolute Gasteiger partial charge is 0.255 e. The topological polar surface area (TPSA) is 58.2 Å². The predicted octanol–water partition coefficient (Wildman–Crippen LogP) is 5.11. The maximum Gasteiger partial charge on any atom is 0.255 e. The van der Waals surface area contributed by atoms with Gasteiger partial charge in [-0.2, -0.15) is 0 Å². The van der Waals surface area contributed by atoms with Crippen molar-refractivity contribution in [1.29, 1.82) is 0 Å². The highest BCUT2D eigenvalue weighted by Crippen LogP contribution is 2.21. The molecule has 0 fully saturated rings. The number of para-hydroxylation sites is 1. The fourth-order valence-electron chi connectivity index (χ4n) is 2.22. The summed E-state index contributed by atoms with van der Waals surface area (Å²) in [6.45, 7) is 2.10. The van der Waals surface area contributed by atoms with E-state index in [4.69, 9.17) is 11.6 Å². The third kappa shape index (κ3) is 5.39. The highest BCUT2D eigenvalue weighted by Gasteiger charge is 2.09. The van der Waals surface area contributed by atoms with Crippen LogP contribution in [0.15, 0.2) is 48.5 Å². The van der Waals surface area contributed by atoms with Gasteiger partial charge in [0.1, 0.15) is 0 Å². The molecule has 2 N–H and O–H groups in total. The van der Waals surface area contributed by atoms with Crippen molar-refractivity contribution in [2.45, 2.75) is 32.6 Å². The van der Waals surface area contributed by atoms with E-state index in [9.17, 15) is 9.59 Å². The Morgan fingerprint density at radius 2 is 1.67 bits per heavy atom. The Bertz CT molecular complexity index is 699. The Morgan fingerprint density at radius 3 is 2.33 bits per heavy atom. The minimum atomic E-state index is -0.246. The van der Waals surface area contributed by atoms with Crippen molar-refractivity contribution >= 4 is 34.8 Å². The molecule has 2 aromatic rings. The quantitative estimate of drug-likeness (QED) is 0.685. The molecule has 0 aromatic heterocycles. The highest BCUT2D eigenvalue weighted by molar-refractivity contribution is 6.33. The lowest BCUT2D eigenvalue weighted by Crippen LogP contribution is -2.13. The fourth-order valence-corrected chi connectivity index (χ4v) is 2.40. The van der Waals surface area contributed by atoms with E-state index in [1.54, 1.807) is 48.5 Å². The van der Waals surface area contributed by atoms with Crippen molar-refractivity contribution in [2.24, 2.45) is 0 Å². The number of carbonyl (C=O) groups is 2. The standard InChI is InChI=1S/C19H21ClN2O2/c1-2-3-4-9-18(23)21-15-12-10-14(11-13-15)19(24)22-17-8-6-5-7-16(17)20/h5-8,10-13H,2-4,9H2,1H3,(H,21,23)(H,22,24). The van der Waals surface area contributed by atoms with E-state index in [2.05, 4.69) is 17.6 Å². The first kappa shape index (κ1) is 18.0. The lowest BCUT2D eigenvalue weighted by molar-refractivity contribution is -0.116. The van der Waals surface area contributed by atoms with Crippen molar-refractivity contribution < 1.29 is 9.59 Å². The van der Waals surface area contributed by atoms with Gasteiger partial charge in [0.2, 0.25) is 5.91 Å². The maximum atomic E-state index is 12.2. The van der Waals surface area contributed by atoms with Crippen LogP contribution in [-0.2, 0) is 4.79 Å². The molecule has 126 valence electrons. The van der Waals surface area contributed by atoms with Crippen LogP contribution in [0, 0.1) is 0 Å². The summed E-state index contributed by atoms with van der Waals surface area (Å²) in [4.78, 5) is 24.0. The molecule has 2 amide bonds. The van der Waals surface area contributed by atoms with E-state index < -0.39 is 0 Å². The number of anilines is 2. The molecule has 0 atom stereocenters. The number of rotatable bonds is 7. The molecular formula is C19H21ClN2O2. The number of hydrogen-bond acceptors (Lipinski definition) is 2. The van der Waals surface area contributed by atoms with E-state index in [1.165, 1.54) is 0 Å². The summed E-state index contributed by atoms with van der Waals surface area (Å²) < 4.78 is 0. The molecule has 0 aliphatic rings. The van der Waals surface area contributed by atoms with E-state index in [1.807, 2.05) is 0 Å². The summed E-state index contributed by atoms with van der Waals surface area (Å²) in [5.41, 5.74) is 1.75. The molecule has 0 aliphatic carbocycles. The van der Waals surface area contributed by atoms with E-state index in [0.29, 0.717) is 28.4 Å². The Kier molecular flexibility index (Phi) is 6.82. The van der Waals surface area contributed by atoms with Crippen LogP contribution in [0.2, 0.25) is 5.02 Å². The number of nitrogens with one attached hydrogen (secondary N) is 2. The van der Waals surface area contributed by atoms with Crippen LogP contribution >= 0.6 is 11.6 Å². The van der Waals surface area contributed by atoms with Crippen LogP contribution in [0.5, 0.6) is 0 Å². The minimum Gasteiger partial charge on any atom is -0.326 e. The molecule has 0 saturated heterocycles. The maximum absolute atomic E-state index is 12.2. The zero-order valence-electron chi connectivity index (χ0n) is 13.6. The van der Waals surface area contributed by atoms with Crippen LogP contribution in [-0.4, -0.2) is 11.8 Å². The van der Waals surface area contributed by atoms with Crippen molar-refractivity contribution in [3.05, 3.63) is 59.1 Å². The molecule has 5 heteroatoms. The molecule has 0 heterocycles. The molecule has 0 aliphatic heterocycles. The fraction of sp³-hybridized carbons (Fsp3) is 0.263. The lowest BCUT2D eigenvalue weighted by atomic mass is 10.1. The monoisotopic (exact) mass is 344 g/mol. The second-order valence-electron chi connectivity index (χ2n) is 5.52. The SMILES string of the molecule is CCCCCC(=O)Nc1ccc(C(=O)Nc2ccccc2Cl)cc1. The molecule has 0 radical (unpaired) electrons. The van der Waals surface area contributed by atoms with Crippen LogP contribution in [0.25, 0.3) is 0 Å². The first-order chi connectivity index (χ1) is 11.6. The third-order valence-electron chi connectivity index (χ3n) is 3.56. The zero-order chi connectivity index (χ0) is 17.4. The molecule has 4 nitrogen and oxygen atoms in total. The van der Waals surface area contributed by atoms with E-state index >= 15 is 0 Å². The zero-order valence-corrected chi connectivity index (χ0v) is 14.4. The normalized spacial score (nSPS) is 10.2. The second-order valence-corrected chi connectivity index (χ2v) is 5.92. The molecule has 2 rings (SSSR count). The summed E-state index contributed by atoms with van der Waals surface area (Å²) in [6.07, 6.45) is 3.54. The molecule has 0 unspecified atom stereocenters. The van der Waals surface area contributed by atoms with E-state index in [-0.39, 0.29) is 11.8 Å². The van der Waals surface area contributed by atoms with Gasteiger partial charge < -0.3 is 10.6 Å². The van der Waals surface area contributed by atoms with Crippen molar-refractivity contribution in [3.8, 4) is 0 Å². The summed E-state index contributed by atoms with van der Waals surface area (Å²) >= 11 is 6.03. The second kappa shape index (κ2) is 9.08.